The Bertz CT molecular complexity index is 740. The molecule has 0 saturated heterocycles. The van der Waals surface area contributed by atoms with E-state index in [1.807, 2.05) is 12.1 Å². The van der Waals surface area contributed by atoms with Gasteiger partial charge in [-0.25, -0.2) is 0 Å². The predicted octanol–water partition coefficient (Wildman–Crippen LogP) is 2.86. The summed E-state index contributed by atoms with van der Waals surface area (Å²) in [7, 11) is 0. The molecule has 0 radical (unpaired) electrons. The minimum Gasteiger partial charge on any atom is -0.348 e. The van der Waals surface area contributed by atoms with Crippen LogP contribution in [0.1, 0.15) is 64.9 Å². The average Bonchev–Trinajstić information content (AvgIpc) is 2.95. The molecule has 2 heterocycles. The SMILES string of the molecule is O=C(NCc1cccnc1)c1ccnc(C(=O)NC2CCCCCC2)c1. The van der Waals surface area contributed by atoms with Crippen LogP contribution in [0.4, 0.5) is 0 Å². The van der Waals surface area contributed by atoms with Crippen molar-refractivity contribution in [3.8, 4) is 0 Å². The maximum absolute atomic E-state index is 12.5. The summed E-state index contributed by atoms with van der Waals surface area (Å²) in [5.74, 6) is -0.446. The molecule has 0 atom stereocenters. The Hall–Kier alpha value is -2.76. The Morgan fingerprint density at radius 3 is 2.58 bits per heavy atom. The highest BCUT2D eigenvalue weighted by atomic mass is 16.2. The van der Waals surface area contributed by atoms with Crippen LogP contribution >= 0.6 is 0 Å². The maximum atomic E-state index is 12.5. The second kappa shape index (κ2) is 9.08. The van der Waals surface area contributed by atoms with E-state index in [-0.39, 0.29) is 23.6 Å². The summed E-state index contributed by atoms with van der Waals surface area (Å²) in [5, 5.41) is 5.89. The quantitative estimate of drug-likeness (QED) is 0.811. The summed E-state index contributed by atoms with van der Waals surface area (Å²) in [6.07, 6.45) is 11.7. The Morgan fingerprint density at radius 2 is 1.85 bits per heavy atom. The second-order valence-corrected chi connectivity index (χ2v) is 6.64. The zero-order chi connectivity index (χ0) is 18.2. The first kappa shape index (κ1) is 18.0. The molecule has 2 aromatic heterocycles. The number of nitrogens with zero attached hydrogens (tertiary/aromatic N) is 2. The largest absolute Gasteiger partial charge is 0.348 e. The normalized spacial score (nSPS) is 15.1. The summed E-state index contributed by atoms with van der Waals surface area (Å²) < 4.78 is 0. The summed E-state index contributed by atoms with van der Waals surface area (Å²) in [5.41, 5.74) is 1.62. The molecule has 0 aromatic carbocycles. The van der Waals surface area contributed by atoms with Crippen LogP contribution in [0.25, 0.3) is 0 Å². The van der Waals surface area contributed by atoms with Crippen LogP contribution in [0.15, 0.2) is 42.9 Å². The molecule has 1 aliphatic carbocycles. The molecule has 2 amide bonds. The van der Waals surface area contributed by atoms with Crippen molar-refractivity contribution in [1.29, 1.82) is 0 Å². The lowest BCUT2D eigenvalue weighted by atomic mass is 10.1. The first-order valence-corrected chi connectivity index (χ1v) is 9.16. The molecule has 2 N–H and O–H groups in total. The van der Waals surface area contributed by atoms with Crippen LogP contribution in [0.5, 0.6) is 0 Å². The van der Waals surface area contributed by atoms with E-state index in [1.54, 1.807) is 24.5 Å². The van der Waals surface area contributed by atoms with Gasteiger partial charge >= 0.3 is 0 Å². The predicted molar refractivity (Wildman–Crippen MR) is 98.6 cm³/mol. The van der Waals surface area contributed by atoms with Gasteiger partial charge in [0.15, 0.2) is 0 Å². The maximum Gasteiger partial charge on any atom is 0.270 e. The van der Waals surface area contributed by atoms with E-state index in [2.05, 4.69) is 20.6 Å². The third-order valence-electron chi connectivity index (χ3n) is 4.62. The molecule has 6 nitrogen and oxygen atoms in total. The molecule has 1 saturated carbocycles. The van der Waals surface area contributed by atoms with Gasteiger partial charge < -0.3 is 10.6 Å². The molecular formula is C20H24N4O2. The van der Waals surface area contributed by atoms with Gasteiger partial charge in [-0.2, -0.15) is 0 Å². The van der Waals surface area contributed by atoms with Gasteiger partial charge in [0.2, 0.25) is 0 Å². The van der Waals surface area contributed by atoms with Crippen molar-refractivity contribution in [3.05, 3.63) is 59.7 Å². The van der Waals surface area contributed by atoms with E-state index >= 15 is 0 Å². The fourth-order valence-electron chi connectivity index (χ4n) is 3.17. The molecule has 6 heteroatoms. The minimum atomic E-state index is -0.236. The Balaban J connectivity index is 1.59. The molecule has 0 spiro atoms. The van der Waals surface area contributed by atoms with Crippen molar-refractivity contribution < 1.29 is 9.59 Å². The van der Waals surface area contributed by atoms with Gasteiger partial charge in [0.1, 0.15) is 5.69 Å². The van der Waals surface area contributed by atoms with E-state index in [0.717, 1.165) is 31.2 Å². The third kappa shape index (κ3) is 5.12. The standard InChI is InChI=1S/C20H24N4O2/c25-19(23-14-15-6-5-10-21-13-15)16-9-11-22-18(12-16)20(26)24-17-7-3-1-2-4-8-17/h5-6,9-13,17H,1-4,7-8,14H2,(H,23,25)(H,24,26). The molecule has 1 fully saturated rings. The minimum absolute atomic E-state index is 0.204. The highest BCUT2D eigenvalue weighted by Crippen LogP contribution is 2.17. The van der Waals surface area contributed by atoms with E-state index in [1.165, 1.54) is 19.0 Å². The van der Waals surface area contributed by atoms with Gasteiger partial charge in [-0.15, -0.1) is 0 Å². The van der Waals surface area contributed by atoms with E-state index in [9.17, 15) is 9.59 Å². The monoisotopic (exact) mass is 352 g/mol. The molecular weight excluding hydrogens is 328 g/mol. The molecule has 1 aliphatic rings. The highest BCUT2D eigenvalue weighted by molar-refractivity contribution is 5.98. The molecule has 2 aromatic rings. The summed E-state index contributed by atoms with van der Waals surface area (Å²) in [6, 6.07) is 7.08. The highest BCUT2D eigenvalue weighted by Gasteiger charge is 2.17. The fraction of sp³-hybridized carbons (Fsp3) is 0.400. The average molecular weight is 352 g/mol. The van der Waals surface area contributed by atoms with Crippen LogP contribution in [-0.4, -0.2) is 27.8 Å². The van der Waals surface area contributed by atoms with Gasteiger partial charge in [-0.05, 0) is 36.6 Å². The van der Waals surface area contributed by atoms with Crippen LogP contribution in [0.2, 0.25) is 0 Å². The zero-order valence-electron chi connectivity index (χ0n) is 14.8. The Morgan fingerprint density at radius 1 is 1.04 bits per heavy atom. The van der Waals surface area contributed by atoms with Gasteiger partial charge in [-0.3, -0.25) is 19.6 Å². The van der Waals surface area contributed by atoms with Gasteiger partial charge in [-0.1, -0.05) is 31.7 Å². The number of nitrogens with one attached hydrogen (secondary N) is 2. The van der Waals surface area contributed by atoms with Gasteiger partial charge in [0.25, 0.3) is 11.8 Å². The fourth-order valence-corrected chi connectivity index (χ4v) is 3.17. The number of hydrogen-bond acceptors (Lipinski definition) is 4. The van der Waals surface area contributed by atoms with Crippen LogP contribution in [0.3, 0.4) is 0 Å². The summed E-state index contributed by atoms with van der Waals surface area (Å²) in [6.45, 7) is 0.388. The van der Waals surface area contributed by atoms with Crippen molar-refractivity contribution in [2.45, 2.75) is 51.1 Å². The Labute approximate surface area is 153 Å². The number of amides is 2. The molecule has 0 aliphatic heterocycles. The van der Waals surface area contributed by atoms with Gasteiger partial charge in [0.05, 0.1) is 0 Å². The van der Waals surface area contributed by atoms with Crippen molar-refractivity contribution in [3.63, 3.8) is 0 Å². The zero-order valence-corrected chi connectivity index (χ0v) is 14.8. The van der Waals surface area contributed by atoms with Crippen LogP contribution < -0.4 is 10.6 Å². The first-order chi connectivity index (χ1) is 12.7. The lowest BCUT2D eigenvalue weighted by molar-refractivity contribution is 0.0928. The van der Waals surface area contributed by atoms with Crippen molar-refractivity contribution in [2.24, 2.45) is 0 Å². The number of carbonyl (C=O) groups excluding carboxylic acids is 2. The number of rotatable bonds is 5. The first-order valence-electron chi connectivity index (χ1n) is 9.16. The summed E-state index contributed by atoms with van der Waals surface area (Å²) >= 11 is 0. The van der Waals surface area contributed by atoms with E-state index < -0.39 is 0 Å². The number of pyridine rings is 2. The molecule has 136 valence electrons. The van der Waals surface area contributed by atoms with Gasteiger partial charge in [0, 0.05) is 36.7 Å². The molecule has 26 heavy (non-hydrogen) atoms. The van der Waals surface area contributed by atoms with Crippen molar-refractivity contribution in [2.75, 3.05) is 0 Å². The van der Waals surface area contributed by atoms with E-state index in [4.69, 9.17) is 0 Å². The van der Waals surface area contributed by atoms with Crippen LogP contribution in [0, 0.1) is 0 Å². The number of hydrogen-bond donors (Lipinski definition) is 2. The topological polar surface area (TPSA) is 84.0 Å². The molecule has 3 rings (SSSR count). The second-order valence-electron chi connectivity index (χ2n) is 6.64. The number of carbonyl (C=O) groups is 2. The lowest BCUT2D eigenvalue weighted by Crippen LogP contribution is -2.35. The summed E-state index contributed by atoms with van der Waals surface area (Å²) in [4.78, 5) is 33.0. The van der Waals surface area contributed by atoms with Crippen molar-refractivity contribution >= 4 is 11.8 Å². The lowest BCUT2D eigenvalue weighted by Gasteiger charge is -2.16. The number of aromatic nitrogens is 2. The smallest absolute Gasteiger partial charge is 0.270 e. The van der Waals surface area contributed by atoms with Crippen molar-refractivity contribution in [1.82, 2.24) is 20.6 Å². The van der Waals surface area contributed by atoms with E-state index in [0.29, 0.717) is 12.1 Å². The molecule has 0 bridgehead atoms. The van der Waals surface area contributed by atoms with Crippen LogP contribution in [-0.2, 0) is 6.54 Å². The Kier molecular flexibility index (Phi) is 6.30. The molecule has 0 unspecified atom stereocenters. The third-order valence-corrected chi connectivity index (χ3v) is 4.62.